The summed E-state index contributed by atoms with van der Waals surface area (Å²) >= 11 is 0. The largest absolute Gasteiger partial charge is 0.419 e. The van der Waals surface area contributed by atoms with Crippen molar-refractivity contribution in [3.05, 3.63) is 115 Å². The van der Waals surface area contributed by atoms with Gasteiger partial charge in [-0.2, -0.15) is 13.2 Å². The Bertz CT molecular complexity index is 2000. The third kappa shape index (κ3) is 4.24. The zero-order valence-electron chi connectivity index (χ0n) is 20.5. The van der Waals surface area contributed by atoms with Crippen LogP contribution in [0.1, 0.15) is 11.1 Å². The molecule has 6 aromatic rings. The monoisotopic (exact) mass is 543 g/mol. The summed E-state index contributed by atoms with van der Waals surface area (Å²) in [5.74, 6) is 0.740. The normalized spacial score (nSPS) is 12.3. The van der Waals surface area contributed by atoms with Crippen LogP contribution in [-0.4, -0.2) is 23.0 Å². The second kappa shape index (κ2) is 9.06. The summed E-state index contributed by atoms with van der Waals surface area (Å²) in [6, 6.07) is 25.3. The number of pyridine rings is 2. The highest BCUT2D eigenvalue weighted by Crippen LogP contribution is 2.37. The van der Waals surface area contributed by atoms with Gasteiger partial charge in [-0.25, -0.2) is 18.4 Å². The van der Waals surface area contributed by atoms with Crippen molar-refractivity contribution in [2.45, 2.75) is 23.0 Å². The van der Waals surface area contributed by atoms with E-state index >= 15 is 0 Å². The number of fused-ring (bicyclic) bond motifs is 3. The highest BCUT2D eigenvalue weighted by Gasteiger charge is 2.38. The summed E-state index contributed by atoms with van der Waals surface area (Å²) < 4.78 is 69.4. The van der Waals surface area contributed by atoms with Gasteiger partial charge >= 0.3 is 6.18 Å². The van der Waals surface area contributed by atoms with E-state index in [1.165, 1.54) is 18.2 Å². The number of aromatic nitrogens is 3. The van der Waals surface area contributed by atoms with E-state index in [9.17, 15) is 21.6 Å². The fraction of sp³-hybridized carbons (Fsp3) is 0.0667. The smallest absolute Gasteiger partial charge is 0.294 e. The van der Waals surface area contributed by atoms with Crippen LogP contribution >= 0.6 is 0 Å². The van der Waals surface area contributed by atoms with Crippen molar-refractivity contribution in [3.63, 3.8) is 0 Å². The van der Waals surface area contributed by atoms with Crippen LogP contribution in [0, 0.1) is 6.92 Å². The summed E-state index contributed by atoms with van der Waals surface area (Å²) in [6.45, 7) is 1.99. The second-order valence-electron chi connectivity index (χ2n) is 9.16. The molecular formula is C30H20F3N3O2S. The van der Waals surface area contributed by atoms with Gasteiger partial charge in [0, 0.05) is 23.2 Å². The van der Waals surface area contributed by atoms with E-state index in [0.717, 1.165) is 51.5 Å². The third-order valence-electron chi connectivity index (χ3n) is 6.61. The minimum absolute atomic E-state index is 0.273. The molecule has 0 saturated heterocycles. The molecule has 0 spiro atoms. The summed E-state index contributed by atoms with van der Waals surface area (Å²) in [5.41, 5.74) is 2.82. The average Bonchev–Trinajstić information content (AvgIpc) is 3.26. The summed E-state index contributed by atoms with van der Waals surface area (Å²) in [6.07, 6.45) is -2.08. The number of benzene rings is 3. The summed E-state index contributed by atoms with van der Waals surface area (Å²) in [7, 11) is -4.55. The Labute approximate surface area is 222 Å². The van der Waals surface area contributed by atoms with Crippen molar-refractivity contribution in [1.29, 1.82) is 0 Å². The van der Waals surface area contributed by atoms with Crippen molar-refractivity contribution < 1.29 is 21.6 Å². The van der Waals surface area contributed by atoms with Gasteiger partial charge in [-0.05, 0) is 72.1 Å². The highest BCUT2D eigenvalue weighted by atomic mass is 32.2. The molecule has 0 aliphatic heterocycles. The summed E-state index contributed by atoms with van der Waals surface area (Å²) in [5, 5.41) is 1.01. The maximum Gasteiger partial charge on any atom is 0.419 e. The zero-order valence-corrected chi connectivity index (χ0v) is 21.3. The maximum atomic E-state index is 13.6. The van der Waals surface area contributed by atoms with E-state index in [-0.39, 0.29) is 4.90 Å². The van der Waals surface area contributed by atoms with Gasteiger partial charge in [0.2, 0.25) is 9.84 Å². The van der Waals surface area contributed by atoms with Crippen molar-refractivity contribution >= 4 is 31.6 Å². The molecule has 0 unspecified atom stereocenters. The van der Waals surface area contributed by atoms with E-state index in [0.29, 0.717) is 11.1 Å². The van der Waals surface area contributed by atoms with Gasteiger partial charge in [0.15, 0.2) is 5.03 Å². The van der Waals surface area contributed by atoms with E-state index < -0.39 is 26.6 Å². The highest BCUT2D eigenvalue weighted by molar-refractivity contribution is 7.91. The number of halogens is 3. The Morgan fingerprint density at radius 3 is 2.28 bits per heavy atom. The number of nitrogens with zero attached hydrogens (tertiary/aromatic N) is 3. The first-order chi connectivity index (χ1) is 18.6. The lowest BCUT2D eigenvalue weighted by molar-refractivity contribution is -0.140. The quantitative estimate of drug-likeness (QED) is 0.232. The molecule has 5 nitrogen and oxygen atoms in total. The van der Waals surface area contributed by atoms with E-state index in [2.05, 4.69) is 9.97 Å². The minimum atomic E-state index is -4.86. The number of sulfone groups is 1. The van der Waals surface area contributed by atoms with Crippen molar-refractivity contribution in [1.82, 2.24) is 14.5 Å². The van der Waals surface area contributed by atoms with Crippen molar-refractivity contribution in [2.24, 2.45) is 0 Å². The van der Waals surface area contributed by atoms with Crippen LogP contribution in [0.25, 0.3) is 38.8 Å². The van der Waals surface area contributed by atoms with E-state index in [4.69, 9.17) is 0 Å². The SMILES string of the molecule is Cc1ccnc(-n2c3ccccc3c3ccc(-c4cccc(S(=O)(=O)c5ncccc5C(F)(F)F)c4)cc32)c1. The molecule has 3 aromatic carbocycles. The lowest BCUT2D eigenvalue weighted by Gasteiger charge is -2.13. The van der Waals surface area contributed by atoms with Gasteiger partial charge < -0.3 is 0 Å². The Balaban J connectivity index is 1.53. The van der Waals surface area contributed by atoms with Crippen molar-refractivity contribution in [2.75, 3.05) is 0 Å². The van der Waals surface area contributed by atoms with Crippen LogP contribution in [0.4, 0.5) is 13.2 Å². The van der Waals surface area contributed by atoms with Gasteiger partial charge in [-0.15, -0.1) is 0 Å². The number of alkyl halides is 3. The van der Waals surface area contributed by atoms with Crippen LogP contribution in [0.2, 0.25) is 0 Å². The third-order valence-corrected chi connectivity index (χ3v) is 8.32. The minimum Gasteiger partial charge on any atom is -0.294 e. The molecule has 3 aromatic heterocycles. The van der Waals surface area contributed by atoms with Crippen molar-refractivity contribution in [3.8, 4) is 16.9 Å². The molecule has 0 N–H and O–H groups in total. The molecule has 39 heavy (non-hydrogen) atoms. The summed E-state index contributed by atoms with van der Waals surface area (Å²) in [4.78, 5) is 7.90. The molecule has 0 aliphatic carbocycles. The molecule has 0 bridgehead atoms. The Morgan fingerprint density at radius 2 is 1.49 bits per heavy atom. The predicted molar refractivity (Wildman–Crippen MR) is 143 cm³/mol. The Morgan fingerprint density at radius 1 is 0.718 bits per heavy atom. The van der Waals surface area contributed by atoms with E-state index in [1.807, 2.05) is 66.1 Å². The fourth-order valence-corrected chi connectivity index (χ4v) is 6.25. The predicted octanol–water partition coefficient (Wildman–Crippen LogP) is 7.40. The molecule has 0 amide bonds. The molecule has 194 valence electrons. The first kappa shape index (κ1) is 24.8. The number of aryl methyl sites for hydroxylation is 1. The standard InChI is InChI=1S/C30H20F3N3O2S/c1-19-13-15-34-28(16-19)36-26-10-3-2-8-23(26)24-12-11-21(18-27(24)36)20-6-4-7-22(17-20)39(37,38)29-25(30(31,32)33)9-5-14-35-29/h2-18H,1H3. The number of rotatable bonds is 4. The van der Waals surface area contributed by atoms with Crippen LogP contribution in [0.5, 0.6) is 0 Å². The Kier molecular flexibility index (Phi) is 5.76. The molecule has 0 aliphatic rings. The molecule has 3 heterocycles. The molecule has 0 fully saturated rings. The molecule has 9 heteroatoms. The molecule has 0 saturated carbocycles. The van der Waals surface area contributed by atoms with Gasteiger partial charge in [0.25, 0.3) is 0 Å². The zero-order chi connectivity index (χ0) is 27.4. The van der Waals surface area contributed by atoms with E-state index in [1.54, 1.807) is 12.3 Å². The first-order valence-corrected chi connectivity index (χ1v) is 13.5. The second-order valence-corrected chi connectivity index (χ2v) is 11.0. The maximum absolute atomic E-state index is 13.6. The topological polar surface area (TPSA) is 64.8 Å². The number of para-hydroxylation sites is 1. The van der Waals surface area contributed by atoms with Gasteiger partial charge in [0.05, 0.1) is 21.5 Å². The van der Waals surface area contributed by atoms with Crippen LogP contribution < -0.4 is 0 Å². The van der Waals surface area contributed by atoms with Crippen LogP contribution in [0.3, 0.4) is 0 Å². The molecular weight excluding hydrogens is 523 g/mol. The average molecular weight is 544 g/mol. The molecule has 0 atom stereocenters. The molecule has 0 radical (unpaired) electrons. The van der Waals surface area contributed by atoms with Gasteiger partial charge in [-0.1, -0.05) is 42.5 Å². The lowest BCUT2D eigenvalue weighted by Crippen LogP contribution is -2.15. The van der Waals surface area contributed by atoms with Gasteiger partial charge in [-0.3, -0.25) is 4.57 Å². The fourth-order valence-electron chi connectivity index (χ4n) is 4.81. The molecule has 6 rings (SSSR count). The van der Waals surface area contributed by atoms with Crippen LogP contribution in [-0.2, 0) is 16.0 Å². The van der Waals surface area contributed by atoms with Crippen LogP contribution in [0.15, 0.2) is 113 Å². The Hall–Kier alpha value is -4.50. The lowest BCUT2D eigenvalue weighted by atomic mass is 10.0. The number of hydrogen-bond acceptors (Lipinski definition) is 4. The number of hydrogen-bond donors (Lipinski definition) is 0. The first-order valence-electron chi connectivity index (χ1n) is 12.0. The van der Waals surface area contributed by atoms with Gasteiger partial charge in [0.1, 0.15) is 5.82 Å².